The number of benzene rings is 1. The number of piperidine rings is 1. The summed E-state index contributed by atoms with van der Waals surface area (Å²) >= 11 is 3.44. The first-order valence-corrected chi connectivity index (χ1v) is 8.95. The van der Waals surface area contributed by atoms with Crippen LogP contribution in [0.3, 0.4) is 0 Å². The van der Waals surface area contributed by atoms with Gasteiger partial charge in [-0.15, -0.1) is 0 Å². The Morgan fingerprint density at radius 1 is 1.22 bits per heavy atom. The third kappa shape index (κ3) is 4.47. The van der Waals surface area contributed by atoms with E-state index in [1.165, 1.54) is 0 Å². The highest BCUT2D eigenvalue weighted by molar-refractivity contribution is 9.10. The fourth-order valence-corrected chi connectivity index (χ4v) is 3.21. The second-order valence-corrected chi connectivity index (χ2v) is 6.54. The summed E-state index contributed by atoms with van der Waals surface area (Å²) < 4.78 is 0.877. The number of likely N-dealkylation sites (tertiary alicyclic amines) is 1. The maximum Gasteiger partial charge on any atom is 0.319 e. The van der Waals surface area contributed by atoms with E-state index in [0.717, 1.165) is 23.2 Å². The predicted octanol–water partition coefficient (Wildman–Crippen LogP) is 3.56. The summed E-state index contributed by atoms with van der Waals surface area (Å²) in [5.74, 6) is -0.00491. The lowest BCUT2D eigenvalue weighted by molar-refractivity contribution is -0.121. The van der Waals surface area contributed by atoms with Crippen molar-refractivity contribution in [3.63, 3.8) is 0 Å². The first-order valence-electron chi connectivity index (χ1n) is 8.16. The number of carbonyl (C=O) groups is 2. The lowest BCUT2D eigenvalue weighted by atomic mass is 9.96. The normalized spacial score (nSPS) is 15.3. The van der Waals surface area contributed by atoms with Gasteiger partial charge in [0.15, 0.2) is 0 Å². The number of carbonyl (C=O) groups excluding carboxylic acids is 2. The largest absolute Gasteiger partial charge is 0.325 e. The number of anilines is 1. The molecule has 0 radical (unpaired) electrons. The van der Waals surface area contributed by atoms with Crippen LogP contribution in [0.5, 0.6) is 0 Å². The highest BCUT2D eigenvalue weighted by Gasteiger charge is 2.29. The van der Waals surface area contributed by atoms with E-state index in [0.29, 0.717) is 25.9 Å². The predicted molar refractivity (Wildman–Crippen MR) is 95.4 cm³/mol. The first-order chi connectivity index (χ1) is 11.1. The van der Waals surface area contributed by atoms with Gasteiger partial charge >= 0.3 is 6.03 Å². The number of halogens is 1. The zero-order chi connectivity index (χ0) is 16.8. The molecule has 0 aliphatic carbocycles. The monoisotopic (exact) mass is 381 g/mol. The molecule has 0 spiro atoms. The van der Waals surface area contributed by atoms with E-state index in [1.54, 1.807) is 0 Å². The van der Waals surface area contributed by atoms with Gasteiger partial charge in [-0.05, 0) is 54.8 Å². The highest BCUT2D eigenvalue weighted by Crippen LogP contribution is 2.24. The minimum absolute atomic E-state index is 0.0341. The van der Waals surface area contributed by atoms with Crippen LogP contribution in [0.1, 0.15) is 26.7 Å². The van der Waals surface area contributed by atoms with Crippen LogP contribution in [0.2, 0.25) is 0 Å². The average Bonchev–Trinajstić information content (AvgIpc) is 2.58. The molecule has 0 bridgehead atoms. The molecule has 126 valence electrons. The smallest absolute Gasteiger partial charge is 0.319 e. The summed E-state index contributed by atoms with van der Waals surface area (Å²) in [5, 5.41) is 2.97. The van der Waals surface area contributed by atoms with Crippen molar-refractivity contribution < 1.29 is 9.59 Å². The number of urea groups is 1. The van der Waals surface area contributed by atoms with E-state index >= 15 is 0 Å². The Morgan fingerprint density at radius 2 is 1.83 bits per heavy atom. The molecule has 1 aromatic carbocycles. The second-order valence-electron chi connectivity index (χ2n) is 5.69. The van der Waals surface area contributed by atoms with E-state index < -0.39 is 0 Å². The lowest BCUT2D eigenvalue weighted by Gasteiger charge is -2.34. The summed E-state index contributed by atoms with van der Waals surface area (Å²) in [4.78, 5) is 28.4. The number of para-hydroxylation sites is 1. The SMILES string of the molecule is CCN(CC)C(=O)N1CCC(C(=O)Nc2ccccc2Br)CC1. The molecule has 0 unspecified atom stereocenters. The number of amides is 3. The number of nitrogens with zero attached hydrogens (tertiary/aromatic N) is 2. The van der Waals surface area contributed by atoms with Gasteiger partial charge < -0.3 is 15.1 Å². The molecule has 3 amide bonds. The van der Waals surface area contributed by atoms with Gasteiger partial charge in [-0.3, -0.25) is 4.79 Å². The van der Waals surface area contributed by atoms with E-state index in [4.69, 9.17) is 0 Å². The Balaban J connectivity index is 1.88. The molecular weight excluding hydrogens is 358 g/mol. The molecule has 1 aliphatic heterocycles. The van der Waals surface area contributed by atoms with E-state index in [2.05, 4.69) is 21.2 Å². The lowest BCUT2D eigenvalue weighted by Crippen LogP contribution is -2.47. The van der Waals surface area contributed by atoms with Crippen LogP contribution in [0.25, 0.3) is 0 Å². The summed E-state index contributed by atoms with van der Waals surface area (Å²) in [6.07, 6.45) is 1.42. The van der Waals surface area contributed by atoms with Crippen LogP contribution in [0, 0.1) is 5.92 Å². The van der Waals surface area contributed by atoms with Crippen molar-refractivity contribution in [3.8, 4) is 0 Å². The van der Waals surface area contributed by atoms with Crippen molar-refractivity contribution in [2.75, 3.05) is 31.5 Å². The molecule has 5 nitrogen and oxygen atoms in total. The average molecular weight is 382 g/mol. The van der Waals surface area contributed by atoms with Gasteiger partial charge in [0.2, 0.25) is 5.91 Å². The van der Waals surface area contributed by atoms with Crippen LogP contribution in [0.15, 0.2) is 28.7 Å². The molecule has 1 N–H and O–H groups in total. The van der Waals surface area contributed by atoms with Crippen LogP contribution in [-0.4, -0.2) is 47.9 Å². The topological polar surface area (TPSA) is 52.7 Å². The minimum atomic E-state index is -0.0390. The Labute approximate surface area is 146 Å². The molecule has 0 atom stereocenters. The van der Waals surface area contributed by atoms with Gasteiger partial charge in [-0.25, -0.2) is 4.79 Å². The van der Waals surface area contributed by atoms with Gasteiger partial charge in [0.1, 0.15) is 0 Å². The maximum absolute atomic E-state index is 12.4. The third-order valence-corrected chi connectivity index (χ3v) is 4.99. The Bertz CT molecular complexity index is 553. The molecule has 2 rings (SSSR count). The highest BCUT2D eigenvalue weighted by atomic mass is 79.9. The number of hydrogen-bond acceptors (Lipinski definition) is 2. The van der Waals surface area contributed by atoms with Crippen LogP contribution >= 0.6 is 15.9 Å². The van der Waals surface area contributed by atoms with Gasteiger partial charge in [-0.2, -0.15) is 0 Å². The summed E-state index contributed by atoms with van der Waals surface area (Å²) in [5.41, 5.74) is 0.791. The minimum Gasteiger partial charge on any atom is -0.325 e. The van der Waals surface area contributed by atoms with Crippen molar-refractivity contribution in [1.29, 1.82) is 0 Å². The van der Waals surface area contributed by atoms with Gasteiger partial charge in [0.25, 0.3) is 0 Å². The quantitative estimate of drug-likeness (QED) is 0.866. The van der Waals surface area contributed by atoms with Crippen LogP contribution in [-0.2, 0) is 4.79 Å². The summed E-state index contributed by atoms with van der Waals surface area (Å²) in [7, 11) is 0. The standard InChI is InChI=1S/C17H24BrN3O2/c1-3-20(4-2)17(23)21-11-9-13(10-12-21)16(22)19-15-8-6-5-7-14(15)18/h5-8,13H,3-4,9-12H2,1-2H3,(H,19,22). The number of nitrogens with one attached hydrogen (secondary N) is 1. The zero-order valence-corrected chi connectivity index (χ0v) is 15.3. The second kappa shape index (κ2) is 8.34. The molecule has 1 aliphatic rings. The van der Waals surface area contributed by atoms with Crippen molar-refractivity contribution in [2.45, 2.75) is 26.7 Å². The molecule has 1 saturated heterocycles. The fraction of sp³-hybridized carbons (Fsp3) is 0.529. The number of rotatable bonds is 4. The van der Waals surface area contributed by atoms with Gasteiger partial charge in [0, 0.05) is 36.6 Å². The van der Waals surface area contributed by atoms with Crippen LogP contribution < -0.4 is 5.32 Å². The summed E-state index contributed by atoms with van der Waals surface area (Å²) in [6.45, 7) is 6.70. The third-order valence-electron chi connectivity index (χ3n) is 4.30. The summed E-state index contributed by atoms with van der Waals surface area (Å²) in [6, 6.07) is 7.67. The van der Waals surface area contributed by atoms with Crippen molar-refractivity contribution in [3.05, 3.63) is 28.7 Å². The van der Waals surface area contributed by atoms with E-state index in [1.807, 2.05) is 47.9 Å². The zero-order valence-electron chi connectivity index (χ0n) is 13.7. The van der Waals surface area contributed by atoms with E-state index in [-0.39, 0.29) is 17.9 Å². The van der Waals surface area contributed by atoms with Crippen molar-refractivity contribution >= 4 is 33.6 Å². The van der Waals surface area contributed by atoms with E-state index in [9.17, 15) is 9.59 Å². The number of hydrogen-bond donors (Lipinski definition) is 1. The molecule has 23 heavy (non-hydrogen) atoms. The molecule has 0 aromatic heterocycles. The molecule has 1 aromatic rings. The molecule has 1 fully saturated rings. The molecular formula is C17H24BrN3O2. The van der Waals surface area contributed by atoms with Gasteiger partial charge in [0.05, 0.1) is 5.69 Å². The Morgan fingerprint density at radius 3 is 2.39 bits per heavy atom. The van der Waals surface area contributed by atoms with Crippen molar-refractivity contribution in [1.82, 2.24) is 9.80 Å². The fourth-order valence-electron chi connectivity index (χ4n) is 2.82. The first kappa shape index (κ1) is 17.8. The van der Waals surface area contributed by atoms with Gasteiger partial charge in [-0.1, -0.05) is 12.1 Å². The Kier molecular flexibility index (Phi) is 6.45. The van der Waals surface area contributed by atoms with Crippen LogP contribution in [0.4, 0.5) is 10.5 Å². The molecule has 6 heteroatoms. The Hall–Kier alpha value is -1.56. The molecule has 0 saturated carbocycles. The molecule has 1 heterocycles. The van der Waals surface area contributed by atoms with Crippen molar-refractivity contribution in [2.24, 2.45) is 5.92 Å². The maximum atomic E-state index is 12.4.